The Labute approximate surface area is 293 Å². The number of likely N-dealkylation sites (N-methyl/N-ethyl adjacent to an activating group) is 1. The molecule has 2 unspecified atom stereocenters. The van der Waals surface area contributed by atoms with Gasteiger partial charge in [0.2, 0.25) is 5.91 Å². The van der Waals surface area contributed by atoms with Crippen LogP contribution in [0, 0.1) is 18.3 Å². The number of alkyl halides is 3. The Kier molecular flexibility index (Phi) is 10.8. The molecule has 2 N–H and O–H groups in total. The minimum atomic E-state index is -4.59. The number of halogens is 3. The number of nitrogens with one attached hydrogen (secondary N) is 2. The van der Waals surface area contributed by atoms with E-state index in [1.807, 2.05) is 42.7 Å². The zero-order valence-electron chi connectivity index (χ0n) is 28.7. The molecule has 5 heterocycles. The van der Waals surface area contributed by atoms with Gasteiger partial charge in [-0.3, -0.25) is 14.8 Å². The number of hydrogen-bond donors (Lipinski definition) is 2. The summed E-state index contributed by atoms with van der Waals surface area (Å²) in [5.74, 6) is 1.62. The molecule has 0 aliphatic carbocycles. The normalized spacial score (nSPS) is 17.8. The highest BCUT2D eigenvalue weighted by atomic mass is 19.4. The minimum absolute atomic E-state index is 0.0611. The van der Waals surface area contributed by atoms with Gasteiger partial charge in [-0.25, -0.2) is 19.9 Å². The number of piperidine rings is 1. The third-order valence-electron chi connectivity index (χ3n) is 9.39. The summed E-state index contributed by atoms with van der Waals surface area (Å²) in [7, 11) is 0. The van der Waals surface area contributed by atoms with Crippen molar-refractivity contribution in [1.29, 1.82) is 5.26 Å². The standard InChI is InChI=1S/C35H40F3N11O2/c1-4-25-16-24(10-12-49(25)26-7-6-23(18-39)28(17-26)35(36,37)38)40-11-14-51-15-13-47-20-31(50)48(5-2)34-33(47)41-19-30(45-34)27-8-9-29(44-22(27)3)32-42-21-43-46-32/h6-9,17,19,21,24-25,40H,4-5,10-16,20H2,1-3H3,(H,42,43,46). The van der Waals surface area contributed by atoms with Crippen LogP contribution in [0.25, 0.3) is 22.8 Å². The fourth-order valence-corrected chi connectivity index (χ4v) is 6.77. The average molecular weight is 704 g/mol. The van der Waals surface area contributed by atoms with E-state index in [9.17, 15) is 18.0 Å². The number of fused-ring (bicyclic) bond motifs is 1. The molecule has 13 nitrogen and oxygen atoms in total. The number of anilines is 3. The van der Waals surface area contributed by atoms with Crippen molar-refractivity contribution < 1.29 is 22.7 Å². The van der Waals surface area contributed by atoms with Crippen molar-refractivity contribution in [2.45, 2.75) is 58.3 Å². The second-order valence-electron chi connectivity index (χ2n) is 12.5. The van der Waals surface area contributed by atoms with Gasteiger partial charge in [-0.1, -0.05) is 6.92 Å². The van der Waals surface area contributed by atoms with Crippen LogP contribution in [0.1, 0.15) is 49.9 Å². The maximum atomic E-state index is 13.6. The first-order valence-electron chi connectivity index (χ1n) is 17.1. The number of nitrogens with zero attached hydrogens (tertiary/aromatic N) is 9. The molecule has 0 spiro atoms. The third kappa shape index (κ3) is 7.79. The SMILES string of the molecule is CCC1CC(NCCOCCN2CC(=O)N(CC)c3nc(-c4ccc(-c5ncn[nH]5)nc4C)cnc32)CCN1c1ccc(C#N)c(C(F)(F)F)c1. The Balaban J connectivity index is 1.01. The number of aryl methyl sites for hydroxylation is 1. The van der Waals surface area contributed by atoms with Crippen LogP contribution in [0.4, 0.5) is 30.5 Å². The molecule has 51 heavy (non-hydrogen) atoms. The number of H-pyrrole nitrogens is 1. The first-order chi connectivity index (χ1) is 24.6. The van der Waals surface area contributed by atoms with Crippen LogP contribution >= 0.6 is 0 Å². The maximum absolute atomic E-state index is 13.6. The van der Waals surface area contributed by atoms with Crippen LogP contribution in [0.5, 0.6) is 0 Å². The van der Waals surface area contributed by atoms with Gasteiger partial charge < -0.3 is 19.9 Å². The quantitative estimate of drug-likeness (QED) is 0.197. The van der Waals surface area contributed by atoms with Gasteiger partial charge in [-0.2, -0.15) is 23.5 Å². The van der Waals surface area contributed by atoms with Crippen molar-refractivity contribution in [3.63, 3.8) is 0 Å². The molecule has 2 aliphatic heterocycles. The predicted octanol–water partition coefficient (Wildman–Crippen LogP) is 4.75. The summed E-state index contributed by atoms with van der Waals surface area (Å²) in [4.78, 5) is 37.1. The van der Waals surface area contributed by atoms with E-state index in [1.165, 1.54) is 12.4 Å². The minimum Gasteiger partial charge on any atom is -0.378 e. The van der Waals surface area contributed by atoms with Crippen LogP contribution in [0.15, 0.2) is 42.9 Å². The zero-order chi connectivity index (χ0) is 36.1. The van der Waals surface area contributed by atoms with Crippen molar-refractivity contribution in [2.75, 3.05) is 60.6 Å². The molecule has 0 saturated carbocycles. The van der Waals surface area contributed by atoms with E-state index < -0.39 is 11.7 Å². The van der Waals surface area contributed by atoms with Crippen molar-refractivity contribution in [2.24, 2.45) is 0 Å². The number of ether oxygens (including phenoxy) is 1. The number of aromatic nitrogens is 6. The molecule has 2 atom stereocenters. The van der Waals surface area contributed by atoms with Crippen LogP contribution in [0.2, 0.25) is 0 Å². The van der Waals surface area contributed by atoms with E-state index >= 15 is 0 Å². The summed E-state index contributed by atoms with van der Waals surface area (Å²) in [6.07, 6.45) is 0.854. The van der Waals surface area contributed by atoms with E-state index in [0.717, 1.165) is 36.6 Å². The Morgan fingerprint density at radius 2 is 1.94 bits per heavy atom. The molecule has 1 fully saturated rings. The van der Waals surface area contributed by atoms with Gasteiger partial charge in [-0.05, 0) is 63.4 Å². The van der Waals surface area contributed by atoms with Gasteiger partial charge in [0, 0.05) is 55.2 Å². The van der Waals surface area contributed by atoms with Gasteiger partial charge in [0.1, 0.15) is 12.0 Å². The Morgan fingerprint density at radius 3 is 2.65 bits per heavy atom. The highest BCUT2D eigenvalue weighted by Gasteiger charge is 2.36. The summed E-state index contributed by atoms with van der Waals surface area (Å²) in [6, 6.07) is 9.62. The molecule has 0 radical (unpaired) electrons. The Bertz CT molecular complexity index is 1880. The molecule has 268 valence electrons. The summed E-state index contributed by atoms with van der Waals surface area (Å²) >= 11 is 0. The molecule has 3 aromatic heterocycles. The molecule has 1 aromatic carbocycles. The van der Waals surface area contributed by atoms with Gasteiger partial charge in [0.05, 0.1) is 48.8 Å². The van der Waals surface area contributed by atoms with Crippen LogP contribution in [-0.2, 0) is 15.7 Å². The Hall–Kier alpha value is -5.14. The summed E-state index contributed by atoms with van der Waals surface area (Å²) in [5, 5.41) is 19.4. The fourth-order valence-electron chi connectivity index (χ4n) is 6.77. The monoisotopic (exact) mass is 703 g/mol. The van der Waals surface area contributed by atoms with Crippen LogP contribution < -0.4 is 20.0 Å². The molecule has 0 bridgehead atoms. The summed E-state index contributed by atoms with van der Waals surface area (Å²) < 4.78 is 46.7. The maximum Gasteiger partial charge on any atom is 0.417 e. The number of benzene rings is 1. The Morgan fingerprint density at radius 1 is 1.10 bits per heavy atom. The molecule has 2 aliphatic rings. The first-order valence-corrected chi connectivity index (χ1v) is 17.1. The zero-order valence-corrected chi connectivity index (χ0v) is 28.7. The molecular weight excluding hydrogens is 663 g/mol. The van der Waals surface area contributed by atoms with E-state index in [0.29, 0.717) is 73.9 Å². The molecular formula is C35H40F3N11O2. The number of aromatic amines is 1. The van der Waals surface area contributed by atoms with Crippen LogP contribution in [0.3, 0.4) is 0 Å². The first kappa shape index (κ1) is 35.7. The highest BCUT2D eigenvalue weighted by Crippen LogP contribution is 2.37. The predicted molar refractivity (Wildman–Crippen MR) is 185 cm³/mol. The number of rotatable bonds is 12. The second kappa shape index (κ2) is 15.4. The van der Waals surface area contributed by atoms with Crippen molar-refractivity contribution in [1.82, 2.24) is 35.5 Å². The van der Waals surface area contributed by atoms with Crippen LogP contribution in [-0.4, -0.2) is 94.1 Å². The topological polar surface area (TPSA) is 152 Å². The molecule has 16 heteroatoms. The lowest BCUT2D eigenvalue weighted by Crippen LogP contribution is -2.49. The number of pyridine rings is 1. The summed E-state index contributed by atoms with van der Waals surface area (Å²) in [5.41, 5.74) is 2.03. The van der Waals surface area contributed by atoms with E-state index in [-0.39, 0.29) is 30.1 Å². The average Bonchev–Trinajstić information content (AvgIpc) is 3.67. The number of carbonyl (C=O) groups is 1. The van der Waals surface area contributed by atoms with Gasteiger partial charge in [0.25, 0.3) is 0 Å². The van der Waals surface area contributed by atoms with E-state index in [4.69, 9.17) is 20.0 Å². The number of hydrogen-bond acceptors (Lipinski definition) is 11. The van der Waals surface area contributed by atoms with E-state index in [2.05, 4.69) is 25.5 Å². The fraction of sp³-hybridized carbons (Fsp3) is 0.457. The second-order valence-corrected chi connectivity index (χ2v) is 12.5. The summed E-state index contributed by atoms with van der Waals surface area (Å²) in [6.45, 7) is 8.96. The van der Waals surface area contributed by atoms with Crippen molar-refractivity contribution in [3.05, 3.63) is 59.7 Å². The number of nitriles is 1. The molecule has 6 rings (SSSR count). The third-order valence-corrected chi connectivity index (χ3v) is 9.39. The lowest BCUT2D eigenvalue weighted by Gasteiger charge is -2.41. The van der Waals surface area contributed by atoms with Crippen molar-refractivity contribution >= 4 is 23.2 Å². The van der Waals surface area contributed by atoms with E-state index in [1.54, 1.807) is 23.2 Å². The largest absolute Gasteiger partial charge is 0.417 e. The number of amides is 1. The molecule has 1 saturated heterocycles. The molecule has 4 aromatic rings. The van der Waals surface area contributed by atoms with Gasteiger partial charge >= 0.3 is 6.18 Å². The lowest BCUT2D eigenvalue weighted by atomic mass is 9.94. The molecule has 1 amide bonds. The smallest absolute Gasteiger partial charge is 0.378 e. The highest BCUT2D eigenvalue weighted by molar-refractivity contribution is 6.01. The van der Waals surface area contributed by atoms with Gasteiger partial charge in [-0.15, -0.1) is 0 Å². The van der Waals surface area contributed by atoms with Gasteiger partial charge in [0.15, 0.2) is 17.5 Å². The van der Waals surface area contributed by atoms with Crippen molar-refractivity contribution in [3.8, 4) is 28.8 Å². The lowest BCUT2D eigenvalue weighted by molar-refractivity contribution is -0.137. The number of carbonyl (C=O) groups excluding carboxylic acids is 1.